The average Bonchev–Trinajstić information content (AvgIpc) is 3.03. The Morgan fingerprint density at radius 3 is 2.95 bits per heavy atom. The van der Waals surface area contributed by atoms with Crippen LogP contribution in [0.25, 0.3) is 6.08 Å². The van der Waals surface area contributed by atoms with Gasteiger partial charge in [-0.3, -0.25) is 0 Å². The van der Waals surface area contributed by atoms with E-state index in [0.29, 0.717) is 13.2 Å². The van der Waals surface area contributed by atoms with Crippen molar-refractivity contribution in [2.75, 3.05) is 6.61 Å². The van der Waals surface area contributed by atoms with E-state index >= 15 is 0 Å². The summed E-state index contributed by atoms with van der Waals surface area (Å²) >= 11 is 3.31. The van der Waals surface area contributed by atoms with Crippen molar-refractivity contribution in [1.29, 1.82) is 0 Å². The molecule has 19 heavy (non-hydrogen) atoms. The lowest BCUT2D eigenvalue weighted by molar-refractivity contribution is -0.131. The zero-order chi connectivity index (χ0) is 13.5. The summed E-state index contributed by atoms with van der Waals surface area (Å²) in [7, 11) is 0. The van der Waals surface area contributed by atoms with Gasteiger partial charge < -0.3 is 9.84 Å². The molecule has 2 aromatic rings. The van der Waals surface area contributed by atoms with Crippen molar-refractivity contribution in [3.8, 4) is 0 Å². The van der Waals surface area contributed by atoms with Crippen molar-refractivity contribution in [2.24, 2.45) is 0 Å². The molecule has 0 aliphatic rings. The molecular formula is C14H14O3S2. The molecule has 0 bridgehead atoms. The standard InChI is InChI=1S/C14H14O3S2/c15-14(16)4-3-11-6-9-19-13(11)10-17-7-5-12-2-1-8-18-12/h1-4,6,8-9H,5,7,10H2,(H,15,16). The van der Waals surface area contributed by atoms with Crippen molar-refractivity contribution in [2.45, 2.75) is 13.0 Å². The van der Waals surface area contributed by atoms with E-state index in [1.54, 1.807) is 28.7 Å². The van der Waals surface area contributed by atoms with E-state index in [0.717, 1.165) is 22.9 Å². The summed E-state index contributed by atoms with van der Waals surface area (Å²) in [4.78, 5) is 12.9. The summed E-state index contributed by atoms with van der Waals surface area (Å²) in [6.07, 6.45) is 3.68. The van der Waals surface area contributed by atoms with E-state index in [1.165, 1.54) is 4.88 Å². The fourth-order valence-electron chi connectivity index (χ4n) is 1.57. The largest absolute Gasteiger partial charge is 0.478 e. The molecule has 0 amide bonds. The molecule has 1 N–H and O–H groups in total. The van der Waals surface area contributed by atoms with Crippen LogP contribution in [0.1, 0.15) is 15.3 Å². The van der Waals surface area contributed by atoms with Gasteiger partial charge in [0.05, 0.1) is 13.2 Å². The van der Waals surface area contributed by atoms with Crippen LogP contribution in [0.15, 0.2) is 35.0 Å². The Kier molecular flexibility index (Phi) is 5.32. The third-order valence-electron chi connectivity index (χ3n) is 2.49. The normalized spacial score (nSPS) is 11.2. The minimum atomic E-state index is -0.934. The van der Waals surface area contributed by atoms with Crippen LogP contribution in [0.5, 0.6) is 0 Å². The van der Waals surface area contributed by atoms with Crippen LogP contribution in [-0.4, -0.2) is 17.7 Å². The van der Waals surface area contributed by atoms with E-state index in [9.17, 15) is 4.79 Å². The topological polar surface area (TPSA) is 46.5 Å². The van der Waals surface area contributed by atoms with Crippen LogP contribution in [0.3, 0.4) is 0 Å². The fourth-order valence-corrected chi connectivity index (χ4v) is 3.06. The van der Waals surface area contributed by atoms with Crippen LogP contribution in [0.2, 0.25) is 0 Å². The Morgan fingerprint density at radius 2 is 2.21 bits per heavy atom. The maximum atomic E-state index is 10.5. The highest BCUT2D eigenvalue weighted by Crippen LogP contribution is 2.19. The van der Waals surface area contributed by atoms with Gasteiger partial charge in [-0.2, -0.15) is 0 Å². The van der Waals surface area contributed by atoms with Crippen molar-refractivity contribution in [1.82, 2.24) is 0 Å². The van der Waals surface area contributed by atoms with Gasteiger partial charge in [0.25, 0.3) is 0 Å². The number of ether oxygens (including phenoxy) is 1. The Morgan fingerprint density at radius 1 is 1.32 bits per heavy atom. The van der Waals surface area contributed by atoms with E-state index in [2.05, 4.69) is 11.4 Å². The minimum absolute atomic E-state index is 0.530. The highest BCUT2D eigenvalue weighted by Gasteiger charge is 2.02. The number of carboxylic acids is 1. The van der Waals surface area contributed by atoms with Crippen molar-refractivity contribution < 1.29 is 14.6 Å². The Bertz CT molecular complexity index is 541. The number of carbonyl (C=O) groups is 1. The quantitative estimate of drug-likeness (QED) is 0.626. The molecule has 100 valence electrons. The lowest BCUT2D eigenvalue weighted by Gasteiger charge is -2.02. The molecule has 2 rings (SSSR count). The highest BCUT2D eigenvalue weighted by molar-refractivity contribution is 7.10. The van der Waals surface area contributed by atoms with Crippen LogP contribution in [0.4, 0.5) is 0 Å². The third kappa shape index (κ3) is 4.63. The first-order valence-electron chi connectivity index (χ1n) is 5.83. The number of hydrogen-bond acceptors (Lipinski definition) is 4. The average molecular weight is 294 g/mol. The summed E-state index contributed by atoms with van der Waals surface area (Å²) in [6, 6.07) is 6.04. The second kappa shape index (κ2) is 7.23. The lowest BCUT2D eigenvalue weighted by Crippen LogP contribution is -1.97. The second-order valence-electron chi connectivity index (χ2n) is 3.85. The first-order chi connectivity index (χ1) is 9.25. The smallest absolute Gasteiger partial charge is 0.328 e. The Balaban J connectivity index is 1.79. The molecule has 2 aromatic heterocycles. The van der Waals surface area contributed by atoms with Gasteiger partial charge in [0.2, 0.25) is 0 Å². The molecule has 0 fully saturated rings. The molecule has 0 saturated heterocycles. The molecule has 0 saturated carbocycles. The zero-order valence-corrected chi connectivity index (χ0v) is 11.9. The number of carboxylic acid groups (broad SMARTS) is 1. The van der Waals surface area contributed by atoms with E-state index in [-0.39, 0.29) is 0 Å². The van der Waals surface area contributed by atoms with Gasteiger partial charge in [-0.05, 0) is 34.5 Å². The molecule has 0 unspecified atom stereocenters. The summed E-state index contributed by atoms with van der Waals surface area (Å²) in [5, 5.41) is 12.6. The fraction of sp³-hybridized carbons (Fsp3) is 0.214. The van der Waals surface area contributed by atoms with Gasteiger partial charge in [-0.15, -0.1) is 22.7 Å². The van der Waals surface area contributed by atoms with E-state index in [1.807, 2.05) is 17.5 Å². The van der Waals surface area contributed by atoms with Crippen molar-refractivity contribution in [3.05, 3.63) is 50.4 Å². The molecule has 0 radical (unpaired) electrons. The molecular weight excluding hydrogens is 280 g/mol. The predicted octanol–water partition coefficient (Wildman–Crippen LogP) is 3.67. The maximum absolute atomic E-state index is 10.5. The van der Waals surface area contributed by atoms with Crippen LogP contribution >= 0.6 is 22.7 Å². The first kappa shape index (κ1) is 14.0. The highest BCUT2D eigenvalue weighted by atomic mass is 32.1. The maximum Gasteiger partial charge on any atom is 0.328 e. The van der Waals surface area contributed by atoms with E-state index in [4.69, 9.17) is 9.84 Å². The van der Waals surface area contributed by atoms with Gasteiger partial charge in [0.15, 0.2) is 0 Å². The van der Waals surface area contributed by atoms with Gasteiger partial charge >= 0.3 is 5.97 Å². The number of hydrogen-bond donors (Lipinski definition) is 1. The van der Waals surface area contributed by atoms with Gasteiger partial charge in [0, 0.05) is 22.3 Å². The second-order valence-corrected chi connectivity index (χ2v) is 5.89. The Hall–Kier alpha value is -1.43. The zero-order valence-electron chi connectivity index (χ0n) is 10.2. The summed E-state index contributed by atoms with van der Waals surface area (Å²) < 4.78 is 5.63. The number of rotatable bonds is 7. The first-order valence-corrected chi connectivity index (χ1v) is 7.59. The molecule has 0 spiro atoms. The molecule has 3 nitrogen and oxygen atoms in total. The molecule has 0 aliphatic carbocycles. The Labute approximate surface area is 119 Å². The summed E-state index contributed by atoms with van der Waals surface area (Å²) in [5.41, 5.74) is 0.920. The molecule has 0 aliphatic heterocycles. The van der Waals surface area contributed by atoms with Gasteiger partial charge in [-0.1, -0.05) is 6.07 Å². The predicted molar refractivity (Wildman–Crippen MR) is 78.7 cm³/mol. The summed E-state index contributed by atoms with van der Waals surface area (Å²) in [6.45, 7) is 1.21. The van der Waals surface area contributed by atoms with Crippen molar-refractivity contribution in [3.63, 3.8) is 0 Å². The molecule has 0 aromatic carbocycles. The van der Waals surface area contributed by atoms with E-state index < -0.39 is 5.97 Å². The third-order valence-corrected chi connectivity index (χ3v) is 4.34. The van der Waals surface area contributed by atoms with Crippen LogP contribution in [-0.2, 0) is 22.6 Å². The monoisotopic (exact) mass is 294 g/mol. The molecule has 5 heteroatoms. The van der Waals surface area contributed by atoms with Crippen LogP contribution < -0.4 is 0 Å². The van der Waals surface area contributed by atoms with Crippen LogP contribution in [0, 0.1) is 0 Å². The number of thiophene rings is 2. The molecule has 0 atom stereocenters. The van der Waals surface area contributed by atoms with Gasteiger partial charge in [-0.25, -0.2) is 4.79 Å². The van der Waals surface area contributed by atoms with Crippen molar-refractivity contribution >= 4 is 34.7 Å². The SMILES string of the molecule is O=C(O)C=Cc1ccsc1COCCc1cccs1. The lowest BCUT2D eigenvalue weighted by atomic mass is 10.2. The minimum Gasteiger partial charge on any atom is -0.478 e. The summed E-state index contributed by atoms with van der Waals surface area (Å²) in [5.74, 6) is -0.934. The number of aliphatic carboxylic acids is 1. The van der Waals surface area contributed by atoms with Gasteiger partial charge in [0.1, 0.15) is 0 Å². The molecule has 2 heterocycles.